The summed E-state index contributed by atoms with van der Waals surface area (Å²) in [7, 11) is 0. The highest BCUT2D eigenvalue weighted by Crippen LogP contribution is 2.33. The molecule has 3 aromatic carbocycles. The fourth-order valence-corrected chi connectivity index (χ4v) is 4.96. The second kappa shape index (κ2) is 8.45. The van der Waals surface area contributed by atoms with E-state index in [9.17, 15) is 9.59 Å². The molecule has 4 aromatic rings. The number of para-hydroxylation sites is 2. The number of carbonyl (C=O) groups excluding carboxylic acids is 2. The fourth-order valence-electron chi connectivity index (χ4n) is 4.96. The number of rotatable bonds is 3. The summed E-state index contributed by atoms with van der Waals surface area (Å²) in [6, 6.07) is 22.8. The molecule has 0 bridgehead atoms. The predicted octanol–water partition coefficient (Wildman–Crippen LogP) is 5.30. The van der Waals surface area contributed by atoms with Gasteiger partial charge in [0.05, 0.1) is 5.56 Å². The molecule has 1 aromatic heterocycles. The van der Waals surface area contributed by atoms with Gasteiger partial charge in [0.15, 0.2) is 11.5 Å². The summed E-state index contributed by atoms with van der Waals surface area (Å²) in [6.45, 7) is 1.29. The summed E-state index contributed by atoms with van der Waals surface area (Å²) < 4.78 is 11.6. The minimum Gasteiger partial charge on any atom is -0.454 e. The Morgan fingerprint density at radius 1 is 0.941 bits per heavy atom. The maximum absolute atomic E-state index is 13.3. The van der Waals surface area contributed by atoms with Gasteiger partial charge in [0.1, 0.15) is 11.6 Å². The molecule has 1 saturated heterocycles. The van der Waals surface area contributed by atoms with Crippen LogP contribution in [-0.4, -0.2) is 34.8 Å². The Morgan fingerprint density at radius 3 is 2.50 bits per heavy atom. The van der Waals surface area contributed by atoms with Crippen molar-refractivity contribution in [3.63, 3.8) is 0 Å². The Bertz CT molecular complexity index is 1340. The molecule has 0 spiro atoms. The highest BCUT2D eigenvalue weighted by Gasteiger charge is 2.31. The predicted molar refractivity (Wildman–Crippen MR) is 127 cm³/mol. The van der Waals surface area contributed by atoms with Crippen LogP contribution in [0, 0.1) is 0 Å². The van der Waals surface area contributed by atoms with Gasteiger partial charge in [-0.25, -0.2) is 9.78 Å². The van der Waals surface area contributed by atoms with Gasteiger partial charge in [0.25, 0.3) is 5.91 Å². The van der Waals surface area contributed by atoms with E-state index < -0.39 is 0 Å². The van der Waals surface area contributed by atoms with E-state index in [1.807, 2.05) is 65.6 Å². The van der Waals surface area contributed by atoms with E-state index in [0.717, 1.165) is 41.0 Å². The van der Waals surface area contributed by atoms with E-state index in [0.29, 0.717) is 30.6 Å². The molecular formula is C28H24N2O4. The van der Waals surface area contributed by atoms with Crippen LogP contribution in [0.4, 0.5) is 0 Å². The van der Waals surface area contributed by atoms with E-state index in [1.54, 1.807) is 12.1 Å². The van der Waals surface area contributed by atoms with Crippen LogP contribution >= 0.6 is 0 Å². The largest absolute Gasteiger partial charge is 0.454 e. The quantitative estimate of drug-likeness (QED) is 0.394. The summed E-state index contributed by atoms with van der Waals surface area (Å²) in [5, 5.41) is 0. The third kappa shape index (κ3) is 3.75. The second-order valence-corrected chi connectivity index (χ2v) is 8.97. The summed E-state index contributed by atoms with van der Waals surface area (Å²) in [6.07, 6.45) is 1.85. The Labute approximate surface area is 197 Å². The lowest BCUT2D eigenvalue weighted by Crippen LogP contribution is -2.38. The van der Waals surface area contributed by atoms with E-state index in [-0.39, 0.29) is 23.9 Å². The number of aromatic nitrogens is 1. The van der Waals surface area contributed by atoms with Gasteiger partial charge >= 0.3 is 5.97 Å². The molecule has 0 aliphatic carbocycles. The normalized spacial score (nSPS) is 18.5. The minimum atomic E-state index is -0.340. The SMILES string of the molecule is O=C1O[C@H](c2ccccc2)Cc2cc(C(=O)N3CCC(c4nc5ccccc5o4)CC3)ccc21. The molecule has 170 valence electrons. The number of cyclic esters (lactones) is 1. The van der Waals surface area contributed by atoms with Crippen LogP contribution < -0.4 is 0 Å². The number of benzene rings is 3. The van der Waals surface area contributed by atoms with E-state index >= 15 is 0 Å². The van der Waals surface area contributed by atoms with Crippen molar-refractivity contribution in [3.8, 4) is 0 Å². The lowest BCUT2D eigenvalue weighted by molar-refractivity contribution is 0.0252. The van der Waals surface area contributed by atoms with Crippen molar-refractivity contribution in [2.45, 2.75) is 31.3 Å². The van der Waals surface area contributed by atoms with Crippen LogP contribution in [0.2, 0.25) is 0 Å². The number of oxazole rings is 1. The Morgan fingerprint density at radius 2 is 1.71 bits per heavy atom. The molecule has 6 nitrogen and oxygen atoms in total. The lowest BCUT2D eigenvalue weighted by Gasteiger charge is -2.31. The molecule has 34 heavy (non-hydrogen) atoms. The first kappa shape index (κ1) is 20.7. The molecule has 6 rings (SSSR count). The first-order valence-electron chi connectivity index (χ1n) is 11.7. The Hall–Kier alpha value is -3.93. The van der Waals surface area contributed by atoms with Gasteiger partial charge in [-0.05, 0) is 54.3 Å². The molecule has 1 amide bonds. The van der Waals surface area contributed by atoms with Crippen LogP contribution in [0.15, 0.2) is 77.2 Å². The third-order valence-corrected chi connectivity index (χ3v) is 6.84. The molecule has 1 fully saturated rings. The lowest BCUT2D eigenvalue weighted by atomic mass is 9.92. The molecule has 0 radical (unpaired) electrons. The number of ether oxygens (including phenoxy) is 1. The molecule has 0 N–H and O–H groups in total. The number of hydrogen-bond donors (Lipinski definition) is 0. The summed E-state index contributed by atoms with van der Waals surface area (Å²) in [5.41, 5.74) is 4.64. The Kier molecular flexibility index (Phi) is 5.13. The number of piperidine rings is 1. The van der Waals surface area contributed by atoms with E-state index in [1.165, 1.54) is 0 Å². The summed E-state index contributed by atoms with van der Waals surface area (Å²) >= 11 is 0. The van der Waals surface area contributed by atoms with Crippen molar-refractivity contribution in [1.82, 2.24) is 9.88 Å². The number of hydrogen-bond acceptors (Lipinski definition) is 5. The van der Waals surface area contributed by atoms with Gasteiger partial charge < -0.3 is 14.1 Å². The number of esters is 1. The van der Waals surface area contributed by atoms with Gasteiger partial charge in [-0.15, -0.1) is 0 Å². The van der Waals surface area contributed by atoms with Gasteiger partial charge in [0.2, 0.25) is 0 Å². The maximum Gasteiger partial charge on any atom is 0.339 e. The number of nitrogens with zero attached hydrogens (tertiary/aromatic N) is 2. The van der Waals surface area contributed by atoms with Crippen molar-refractivity contribution in [2.75, 3.05) is 13.1 Å². The smallest absolute Gasteiger partial charge is 0.339 e. The van der Waals surface area contributed by atoms with Crippen molar-refractivity contribution < 1.29 is 18.7 Å². The average molecular weight is 453 g/mol. The van der Waals surface area contributed by atoms with Gasteiger partial charge in [-0.2, -0.15) is 0 Å². The molecule has 0 unspecified atom stereocenters. The highest BCUT2D eigenvalue weighted by atomic mass is 16.5. The van der Waals surface area contributed by atoms with Crippen molar-refractivity contribution in [3.05, 3.63) is 101 Å². The zero-order chi connectivity index (χ0) is 23.1. The molecule has 3 heterocycles. The zero-order valence-electron chi connectivity index (χ0n) is 18.6. The van der Waals surface area contributed by atoms with Gasteiger partial charge in [-0.3, -0.25) is 4.79 Å². The van der Waals surface area contributed by atoms with Crippen LogP contribution in [0.3, 0.4) is 0 Å². The average Bonchev–Trinajstić information content (AvgIpc) is 3.33. The van der Waals surface area contributed by atoms with Crippen molar-refractivity contribution >= 4 is 23.0 Å². The standard InChI is InChI=1S/C28H24N2O4/c31-27(30-14-12-19(13-15-30)26-29-23-8-4-5-9-24(23)33-26)20-10-11-22-21(16-20)17-25(34-28(22)32)18-6-2-1-3-7-18/h1-11,16,19,25H,12-15,17H2/t25-/m0/s1. The van der Waals surface area contributed by atoms with Crippen LogP contribution in [-0.2, 0) is 11.2 Å². The van der Waals surface area contributed by atoms with Gasteiger partial charge in [-0.1, -0.05) is 42.5 Å². The molecule has 1 atom stereocenters. The topological polar surface area (TPSA) is 72.6 Å². The van der Waals surface area contributed by atoms with Crippen molar-refractivity contribution in [1.29, 1.82) is 0 Å². The molecule has 2 aliphatic rings. The number of amides is 1. The first-order chi connectivity index (χ1) is 16.7. The van der Waals surface area contributed by atoms with Crippen molar-refractivity contribution in [2.24, 2.45) is 0 Å². The molecule has 2 aliphatic heterocycles. The monoisotopic (exact) mass is 452 g/mol. The summed E-state index contributed by atoms with van der Waals surface area (Å²) in [5.74, 6) is 0.621. The number of carbonyl (C=O) groups is 2. The number of fused-ring (bicyclic) bond motifs is 2. The molecule has 6 heteroatoms. The van der Waals surface area contributed by atoms with Crippen LogP contribution in [0.1, 0.15) is 62.6 Å². The first-order valence-corrected chi connectivity index (χ1v) is 11.7. The maximum atomic E-state index is 13.3. The second-order valence-electron chi connectivity index (χ2n) is 8.97. The fraction of sp³-hybridized carbons (Fsp3) is 0.250. The van der Waals surface area contributed by atoms with Gasteiger partial charge in [0, 0.05) is 31.0 Å². The molecule has 0 saturated carbocycles. The minimum absolute atomic E-state index is 0.00554. The zero-order valence-corrected chi connectivity index (χ0v) is 18.6. The van der Waals surface area contributed by atoms with Crippen LogP contribution in [0.5, 0.6) is 0 Å². The molecular weight excluding hydrogens is 428 g/mol. The van der Waals surface area contributed by atoms with E-state index in [4.69, 9.17) is 9.15 Å². The third-order valence-electron chi connectivity index (χ3n) is 6.84. The van der Waals surface area contributed by atoms with E-state index in [2.05, 4.69) is 4.98 Å². The summed E-state index contributed by atoms with van der Waals surface area (Å²) in [4.78, 5) is 32.4. The van der Waals surface area contributed by atoms with Crippen LogP contribution in [0.25, 0.3) is 11.1 Å². The number of likely N-dealkylation sites (tertiary alicyclic amines) is 1. The Balaban J connectivity index is 1.16. The highest BCUT2D eigenvalue weighted by molar-refractivity contribution is 5.98.